The molecule has 0 spiro atoms. The molecular weight excluding hydrogens is 313 g/mol. The van der Waals surface area contributed by atoms with Crippen molar-refractivity contribution in [3.8, 4) is 0 Å². The first-order valence-electron chi connectivity index (χ1n) is 6.69. The van der Waals surface area contributed by atoms with E-state index in [-0.39, 0.29) is 12.5 Å². The van der Waals surface area contributed by atoms with Gasteiger partial charge in [-0.3, -0.25) is 4.79 Å². The van der Waals surface area contributed by atoms with Gasteiger partial charge in [0.25, 0.3) is 0 Å². The van der Waals surface area contributed by atoms with Crippen molar-refractivity contribution < 1.29 is 14.6 Å². The molecule has 2 N–H and O–H groups in total. The van der Waals surface area contributed by atoms with Crippen LogP contribution in [0.3, 0.4) is 0 Å². The average Bonchev–Trinajstić information content (AvgIpc) is 2.49. The van der Waals surface area contributed by atoms with Crippen LogP contribution in [0, 0.1) is 0 Å². The normalized spacial score (nSPS) is 17.9. The van der Waals surface area contributed by atoms with Crippen molar-refractivity contribution in [1.82, 2.24) is 5.32 Å². The summed E-state index contributed by atoms with van der Waals surface area (Å²) < 4.78 is 5.25. The average molecular weight is 330 g/mol. The van der Waals surface area contributed by atoms with E-state index in [0.717, 1.165) is 5.56 Å². The molecule has 21 heavy (non-hydrogen) atoms. The van der Waals surface area contributed by atoms with E-state index in [4.69, 9.17) is 27.9 Å². The van der Waals surface area contributed by atoms with Gasteiger partial charge < -0.3 is 15.2 Å². The van der Waals surface area contributed by atoms with Crippen LogP contribution in [0.2, 0.25) is 10.0 Å². The summed E-state index contributed by atoms with van der Waals surface area (Å²) >= 11 is 11.8. The number of ether oxygens (including phenoxy) is 1. The summed E-state index contributed by atoms with van der Waals surface area (Å²) in [5.74, 6) is -0.253. The number of halogens is 2. The molecule has 0 saturated carbocycles. The Balaban J connectivity index is 1.99. The zero-order chi connectivity index (χ0) is 15.3. The molecule has 1 aliphatic rings. The third-order valence-electron chi connectivity index (χ3n) is 3.51. The maximum Gasteiger partial charge on any atom is 0.244 e. The molecule has 0 aliphatic carbocycles. The van der Waals surface area contributed by atoms with Crippen LogP contribution < -0.4 is 5.32 Å². The van der Waals surface area contributed by atoms with Crippen LogP contribution in [0.15, 0.2) is 24.3 Å². The number of benzene rings is 1. The molecule has 0 bridgehead atoms. The highest BCUT2D eigenvalue weighted by atomic mass is 35.5. The van der Waals surface area contributed by atoms with Crippen LogP contribution in [0.5, 0.6) is 0 Å². The van der Waals surface area contributed by atoms with Gasteiger partial charge >= 0.3 is 0 Å². The summed E-state index contributed by atoms with van der Waals surface area (Å²) in [4.78, 5) is 12.0. The second kappa shape index (κ2) is 7.27. The summed E-state index contributed by atoms with van der Waals surface area (Å²) in [5, 5.41) is 13.3. The summed E-state index contributed by atoms with van der Waals surface area (Å²) in [5.41, 5.74) is 0.196. The summed E-state index contributed by atoms with van der Waals surface area (Å²) in [7, 11) is 0. The summed E-state index contributed by atoms with van der Waals surface area (Å²) in [6.45, 7) is 0.984. The lowest BCUT2D eigenvalue weighted by molar-refractivity contribution is -0.120. The Morgan fingerprint density at radius 2 is 2.05 bits per heavy atom. The standard InChI is InChI=1S/C15H17Cl2NO3/c16-12-3-1-11(9-13(12)17)2-4-14(20)18-15(10-19)5-7-21-8-6-15/h1-4,9,19H,5-8,10H2,(H,18,20)/b4-2+. The van der Waals surface area contributed by atoms with Gasteiger partial charge in [-0.1, -0.05) is 29.3 Å². The second-order valence-corrected chi connectivity index (χ2v) is 5.86. The largest absolute Gasteiger partial charge is 0.394 e. The van der Waals surface area contributed by atoms with Gasteiger partial charge in [-0.2, -0.15) is 0 Å². The second-order valence-electron chi connectivity index (χ2n) is 5.05. The fourth-order valence-electron chi connectivity index (χ4n) is 2.18. The minimum atomic E-state index is -0.586. The number of aliphatic hydroxyl groups excluding tert-OH is 1. The molecule has 0 aromatic heterocycles. The Hall–Kier alpha value is -1.07. The van der Waals surface area contributed by atoms with E-state index in [2.05, 4.69) is 5.32 Å². The lowest BCUT2D eigenvalue weighted by Crippen LogP contribution is -2.54. The van der Waals surface area contributed by atoms with Crippen LogP contribution in [-0.4, -0.2) is 36.4 Å². The molecule has 0 radical (unpaired) electrons. The quantitative estimate of drug-likeness (QED) is 0.835. The van der Waals surface area contributed by atoms with Gasteiger partial charge in [0, 0.05) is 19.3 Å². The van der Waals surface area contributed by atoms with Gasteiger partial charge in [0.05, 0.1) is 22.2 Å². The molecule has 6 heteroatoms. The fourth-order valence-corrected chi connectivity index (χ4v) is 2.48. The maximum absolute atomic E-state index is 12.0. The van der Waals surface area contributed by atoms with E-state index in [1.807, 2.05) is 0 Å². The Morgan fingerprint density at radius 3 is 2.67 bits per heavy atom. The minimum Gasteiger partial charge on any atom is -0.394 e. The molecule has 1 amide bonds. The Morgan fingerprint density at radius 1 is 1.33 bits per heavy atom. The van der Waals surface area contributed by atoms with Gasteiger partial charge in [0.15, 0.2) is 0 Å². The van der Waals surface area contributed by atoms with Crippen molar-refractivity contribution in [3.63, 3.8) is 0 Å². The van der Waals surface area contributed by atoms with Crippen molar-refractivity contribution in [2.75, 3.05) is 19.8 Å². The van der Waals surface area contributed by atoms with Gasteiger partial charge in [-0.25, -0.2) is 0 Å². The molecule has 0 unspecified atom stereocenters. The number of nitrogens with one attached hydrogen (secondary N) is 1. The molecule has 0 atom stereocenters. The predicted molar refractivity (Wildman–Crippen MR) is 83.5 cm³/mol. The Bertz CT molecular complexity index is 540. The summed E-state index contributed by atoms with van der Waals surface area (Å²) in [6.07, 6.45) is 4.29. The zero-order valence-corrected chi connectivity index (χ0v) is 13.0. The number of rotatable bonds is 4. The maximum atomic E-state index is 12.0. The predicted octanol–water partition coefficient (Wildman–Crippen LogP) is 2.66. The van der Waals surface area contributed by atoms with Gasteiger partial charge in [0.2, 0.25) is 5.91 Å². The van der Waals surface area contributed by atoms with E-state index in [0.29, 0.717) is 36.1 Å². The first-order chi connectivity index (χ1) is 10.0. The molecule has 1 heterocycles. The lowest BCUT2D eigenvalue weighted by Gasteiger charge is -2.35. The van der Waals surface area contributed by atoms with E-state index in [9.17, 15) is 9.90 Å². The molecule has 114 valence electrons. The van der Waals surface area contributed by atoms with E-state index in [1.54, 1.807) is 24.3 Å². The van der Waals surface area contributed by atoms with Crippen LogP contribution in [0.4, 0.5) is 0 Å². The third kappa shape index (κ3) is 4.45. The highest BCUT2D eigenvalue weighted by Crippen LogP contribution is 2.23. The lowest BCUT2D eigenvalue weighted by atomic mass is 9.91. The minimum absolute atomic E-state index is 0.0945. The first kappa shape index (κ1) is 16.3. The number of hydrogen-bond donors (Lipinski definition) is 2. The van der Waals surface area contributed by atoms with E-state index in [1.165, 1.54) is 6.08 Å². The topological polar surface area (TPSA) is 58.6 Å². The van der Waals surface area contributed by atoms with Gasteiger partial charge in [-0.05, 0) is 36.6 Å². The first-order valence-corrected chi connectivity index (χ1v) is 7.44. The number of carbonyl (C=O) groups excluding carboxylic acids is 1. The fraction of sp³-hybridized carbons (Fsp3) is 0.400. The van der Waals surface area contributed by atoms with Crippen LogP contribution >= 0.6 is 23.2 Å². The smallest absolute Gasteiger partial charge is 0.244 e. The molecule has 1 fully saturated rings. The molecule has 1 aromatic rings. The van der Waals surface area contributed by atoms with Crippen molar-refractivity contribution >= 4 is 35.2 Å². The van der Waals surface area contributed by atoms with Crippen molar-refractivity contribution in [2.24, 2.45) is 0 Å². The van der Waals surface area contributed by atoms with Crippen molar-refractivity contribution in [3.05, 3.63) is 39.9 Å². The van der Waals surface area contributed by atoms with Crippen LogP contribution in [0.25, 0.3) is 6.08 Å². The molecule has 1 aliphatic heterocycles. The SMILES string of the molecule is O=C(/C=C/c1ccc(Cl)c(Cl)c1)NC1(CO)CCOCC1. The van der Waals surface area contributed by atoms with Gasteiger partial charge in [-0.15, -0.1) is 0 Å². The highest BCUT2D eigenvalue weighted by molar-refractivity contribution is 6.42. The van der Waals surface area contributed by atoms with Crippen molar-refractivity contribution in [2.45, 2.75) is 18.4 Å². The van der Waals surface area contributed by atoms with Crippen LogP contribution in [0.1, 0.15) is 18.4 Å². The molecule has 1 aromatic carbocycles. The zero-order valence-electron chi connectivity index (χ0n) is 11.4. The van der Waals surface area contributed by atoms with Crippen LogP contribution in [-0.2, 0) is 9.53 Å². The Kier molecular flexibility index (Phi) is 5.65. The van der Waals surface area contributed by atoms with E-state index >= 15 is 0 Å². The summed E-state index contributed by atoms with van der Waals surface area (Å²) in [6, 6.07) is 5.13. The van der Waals surface area contributed by atoms with E-state index < -0.39 is 5.54 Å². The third-order valence-corrected chi connectivity index (χ3v) is 4.25. The highest BCUT2D eigenvalue weighted by Gasteiger charge is 2.32. The molecule has 2 rings (SSSR count). The molecule has 4 nitrogen and oxygen atoms in total. The monoisotopic (exact) mass is 329 g/mol. The molecular formula is C15H17Cl2NO3. The van der Waals surface area contributed by atoms with Gasteiger partial charge in [0.1, 0.15) is 0 Å². The number of aliphatic hydroxyl groups is 1. The number of carbonyl (C=O) groups is 1. The number of hydrogen-bond acceptors (Lipinski definition) is 3. The number of amides is 1. The Labute approximate surface area is 133 Å². The van der Waals surface area contributed by atoms with Crippen molar-refractivity contribution in [1.29, 1.82) is 0 Å². The molecule has 1 saturated heterocycles.